The summed E-state index contributed by atoms with van der Waals surface area (Å²) in [6.45, 7) is 9.24. The van der Waals surface area contributed by atoms with Crippen LogP contribution in [0.25, 0.3) is 0 Å². The van der Waals surface area contributed by atoms with Crippen LogP contribution in [-0.4, -0.2) is 19.8 Å². The Hall–Kier alpha value is -0.380. The predicted octanol–water partition coefficient (Wildman–Crippen LogP) is 4.16. The zero-order chi connectivity index (χ0) is 13.4. The second-order valence-corrected chi connectivity index (χ2v) is 5.97. The molecule has 0 saturated carbocycles. The third-order valence-corrected chi connectivity index (χ3v) is 3.21. The monoisotopic (exact) mass is 313 g/mol. The van der Waals surface area contributed by atoms with Crippen molar-refractivity contribution in [3.63, 3.8) is 0 Å². The average molecular weight is 314 g/mol. The molecule has 0 aliphatic rings. The van der Waals surface area contributed by atoms with Crippen molar-refractivity contribution in [2.24, 2.45) is 5.92 Å². The van der Waals surface area contributed by atoms with Gasteiger partial charge in [-0.05, 0) is 43.5 Å². The molecule has 0 aromatic heterocycles. The molecular weight excluding hydrogens is 290 g/mol. The van der Waals surface area contributed by atoms with E-state index in [2.05, 4.69) is 66.3 Å². The largest absolute Gasteiger partial charge is 0.381 e. The van der Waals surface area contributed by atoms with E-state index >= 15 is 0 Å². The molecule has 0 bridgehead atoms. The van der Waals surface area contributed by atoms with E-state index in [1.807, 2.05) is 0 Å². The average Bonchev–Trinajstić information content (AvgIpc) is 2.33. The third-order valence-electron chi connectivity index (χ3n) is 2.72. The first kappa shape index (κ1) is 15.7. The summed E-state index contributed by atoms with van der Waals surface area (Å²) in [5.74, 6) is 0.624. The summed E-state index contributed by atoms with van der Waals surface area (Å²) < 4.78 is 6.69. The summed E-state index contributed by atoms with van der Waals surface area (Å²) >= 11 is 3.50. The molecule has 0 aliphatic heterocycles. The zero-order valence-corrected chi connectivity index (χ0v) is 13.2. The maximum Gasteiger partial charge on any atom is 0.0489 e. The molecule has 0 aliphatic carbocycles. The van der Waals surface area contributed by atoms with Crippen LogP contribution < -0.4 is 5.32 Å². The van der Waals surface area contributed by atoms with E-state index in [1.54, 1.807) is 0 Å². The van der Waals surface area contributed by atoms with Crippen molar-refractivity contribution in [1.82, 2.24) is 5.32 Å². The number of hydrogen-bond acceptors (Lipinski definition) is 2. The lowest BCUT2D eigenvalue weighted by Crippen LogP contribution is -2.21. The van der Waals surface area contributed by atoms with Crippen molar-refractivity contribution in [3.8, 4) is 0 Å². The van der Waals surface area contributed by atoms with E-state index in [-0.39, 0.29) is 0 Å². The quantitative estimate of drug-likeness (QED) is 0.727. The Morgan fingerprint density at radius 3 is 2.72 bits per heavy atom. The summed E-state index contributed by atoms with van der Waals surface area (Å²) in [4.78, 5) is 0. The van der Waals surface area contributed by atoms with Gasteiger partial charge < -0.3 is 10.1 Å². The van der Waals surface area contributed by atoms with Gasteiger partial charge in [-0.25, -0.2) is 0 Å². The smallest absolute Gasteiger partial charge is 0.0489 e. The summed E-state index contributed by atoms with van der Waals surface area (Å²) in [6.07, 6.45) is 1.06. The minimum atomic E-state index is 0.382. The molecule has 1 rings (SSSR count). The summed E-state index contributed by atoms with van der Waals surface area (Å²) in [5.41, 5.74) is 1.31. The van der Waals surface area contributed by atoms with Gasteiger partial charge >= 0.3 is 0 Å². The summed E-state index contributed by atoms with van der Waals surface area (Å²) in [6, 6.07) is 8.82. The topological polar surface area (TPSA) is 21.3 Å². The molecule has 102 valence electrons. The molecule has 1 aromatic carbocycles. The molecule has 0 heterocycles. The Kier molecular flexibility index (Phi) is 7.56. The Bertz CT molecular complexity index is 341. The molecule has 2 nitrogen and oxygen atoms in total. The van der Waals surface area contributed by atoms with Gasteiger partial charge in [0.25, 0.3) is 0 Å². The lowest BCUT2D eigenvalue weighted by molar-refractivity contribution is 0.107. The van der Waals surface area contributed by atoms with Crippen molar-refractivity contribution < 1.29 is 4.74 Å². The van der Waals surface area contributed by atoms with Gasteiger partial charge in [-0.15, -0.1) is 0 Å². The van der Waals surface area contributed by atoms with Crippen LogP contribution in [0.1, 0.15) is 38.8 Å². The number of hydrogen-bond donors (Lipinski definition) is 1. The van der Waals surface area contributed by atoms with E-state index in [0.717, 1.165) is 30.7 Å². The van der Waals surface area contributed by atoms with Gasteiger partial charge in [-0.1, -0.05) is 41.9 Å². The van der Waals surface area contributed by atoms with Crippen molar-refractivity contribution in [3.05, 3.63) is 34.3 Å². The number of halogens is 1. The maximum atomic E-state index is 5.55. The van der Waals surface area contributed by atoms with Crippen LogP contribution in [0.4, 0.5) is 0 Å². The van der Waals surface area contributed by atoms with Crippen LogP contribution in [0.3, 0.4) is 0 Å². The molecule has 0 spiro atoms. The Balaban J connectivity index is 2.15. The Morgan fingerprint density at radius 1 is 1.28 bits per heavy atom. The molecule has 3 heteroatoms. The highest BCUT2D eigenvalue weighted by atomic mass is 79.9. The fourth-order valence-electron chi connectivity index (χ4n) is 1.71. The number of benzene rings is 1. The van der Waals surface area contributed by atoms with Crippen molar-refractivity contribution in [2.45, 2.75) is 33.2 Å². The van der Waals surface area contributed by atoms with E-state index in [4.69, 9.17) is 4.74 Å². The second kappa shape index (κ2) is 8.68. The molecule has 0 radical (unpaired) electrons. The highest BCUT2D eigenvalue weighted by Gasteiger charge is 2.04. The molecule has 1 unspecified atom stereocenters. The van der Waals surface area contributed by atoms with Gasteiger partial charge in [0.2, 0.25) is 0 Å². The van der Waals surface area contributed by atoms with E-state index < -0.39 is 0 Å². The van der Waals surface area contributed by atoms with Gasteiger partial charge in [-0.2, -0.15) is 0 Å². The van der Waals surface area contributed by atoms with Crippen LogP contribution in [0.2, 0.25) is 0 Å². The Labute approximate surface area is 119 Å². The maximum absolute atomic E-state index is 5.55. The predicted molar refractivity (Wildman–Crippen MR) is 80.8 cm³/mol. The molecule has 1 atom stereocenters. The molecule has 0 fully saturated rings. The third kappa shape index (κ3) is 6.53. The first-order valence-corrected chi connectivity index (χ1v) is 7.45. The van der Waals surface area contributed by atoms with E-state index in [9.17, 15) is 0 Å². The minimum Gasteiger partial charge on any atom is -0.381 e. The molecule has 0 amide bonds. The SMILES string of the molecule is CC(C)COCCCNC(C)c1cccc(Br)c1. The standard InChI is InChI=1S/C15H24BrNO/c1-12(2)11-18-9-5-8-17-13(3)14-6-4-7-15(16)10-14/h4,6-7,10,12-13,17H,5,8-9,11H2,1-3H3. The Morgan fingerprint density at radius 2 is 2.06 bits per heavy atom. The normalized spacial score (nSPS) is 12.9. The lowest BCUT2D eigenvalue weighted by atomic mass is 10.1. The van der Waals surface area contributed by atoms with Crippen molar-refractivity contribution in [1.29, 1.82) is 0 Å². The number of rotatable bonds is 8. The summed E-state index contributed by atoms with van der Waals surface area (Å²) in [5, 5.41) is 3.51. The molecular formula is C15H24BrNO. The van der Waals surface area contributed by atoms with Crippen LogP contribution in [0, 0.1) is 5.92 Å². The van der Waals surface area contributed by atoms with Gasteiger partial charge in [0, 0.05) is 23.7 Å². The number of ether oxygens (including phenoxy) is 1. The van der Waals surface area contributed by atoms with Crippen LogP contribution in [0.15, 0.2) is 28.7 Å². The highest BCUT2D eigenvalue weighted by molar-refractivity contribution is 9.10. The molecule has 18 heavy (non-hydrogen) atoms. The van der Waals surface area contributed by atoms with Crippen LogP contribution >= 0.6 is 15.9 Å². The zero-order valence-electron chi connectivity index (χ0n) is 11.6. The fourth-order valence-corrected chi connectivity index (χ4v) is 2.12. The van der Waals surface area contributed by atoms with E-state index in [1.165, 1.54) is 5.56 Å². The van der Waals surface area contributed by atoms with Gasteiger partial charge in [0.05, 0.1) is 0 Å². The van der Waals surface area contributed by atoms with Crippen molar-refractivity contribution in [2.75, 3.05) is 19.8 Å². The van der Waals surface area contributed by atoms with Gasteiger partial charge in [0.1, 0.15) is 0 Å². The number of nitrogens with one attached hydrogen (secondary N) is 1. The van der Waals surface area contributed by atoms with Crippen molar-refractivity contribution >= 4 is 15.9 Å². The second-order valence-electron chi connectivity index (χ2n) is 5.05. The first-order valence-electron chi connectivity index (χ1n) is 6.66. The summed E-state index contributed by atoms with van der Waals surface area (Å²) in [7, 11) is 0. The van der Waals surface area contributed by atoms with Gasteiger partial charge in [0.15, 0.2) is 0 Å². The van der Waals surface area contributed by atoms with Gasteiger partial charge in [-0.3, -0.25) is 0 Å². The molecule has 0 saturated heterocycles. The highest BCUT2D eigenvalue weighted by Crippen LogP contribution is 2.17. The molecule has 1 aromatic rings. The van der Waals surface area contributed by atoms with Crippen LogP contribution in [0.5, 0.6) is 0 Å². The van der Waals surface area contributed by atoms with E-state index in [0.29, 0.717) is 12.0 Å². The molecule has 1 N–H and O–H groups in total. The van der Waals surface area contributed by atoms with Crippen LogP contribution in [-0.2, 0) is 4.74 Å². The minimum absolute atomic E-state index is 0.382. The lowest BCUT2D eigenvalue weighted by Gasteiger charge is -2.14. The fraction of sp³-hybridized carbons (Fsp3) is 0.600. The first-order chi connectivity index (χ1) is 8.59.